The molecule has 11 rings (SSSR count). The SMILES string of the molecule is CC1(C)c2ccccc2-c2ccc(-c3ccc(N(c4ccc(-c5cccc(-c6ccccc6)c5)cc4)c4cccc(-c5cccc(-c6cccc7ccccc67)c5)c4)cc3)cc21. The highest BCUT2D eigenvalue weighted by atomic mass is 15.1. The largest absolute Gasteiger partial charge is 0.310 e. The molecule has 10 aromatic carbocycles. The summed E-state index contributed by atoms with van der Waals surface area (Å²) in [6.07, 6.45) is 0. The van der Waals surface area contributed by atoms with Crippen molar-refractivity contribution in [3.63, 3.8) is 0 Å². The topological polar surface area (TPSA) is 3.24 Å². The van der Waals surface area contributed by atoms with Crippen molar-refractivity contribution >= 4 is 27.8 Å². The molecule has 0 spiro atoms. The number of fused-ring (bicyclic) bond motifs is 4. The standard InChI is InChI=1S/C61H45N/c1-61(2)59-27-9-8-25-57(59)58-37-32-50(41-60(58)61)44-30-35-53(36-31-44)62(52-33-28-43(29-34-52)47-19-10-18-46(38-47)42-14-4-3-5-15-42)54-23-12-21-49(40-54)48-20-11-22-51(39-48)56-26-13-17-45-16-6-7-24-55(45)56/h3-41H,1-2H3. The van der Waals surface area contributed by atoms with Gasteiger partial charge in [0.15, 0.2) is 0 Å². The first-order valence-electron chi connectivity index (χ1n) is 21.6. The van der Waals surface area contributed by atoms with Crippen LogP contribution in [0, 0.1) is 0 Å². The van der Waals surface area contributed by atoms with Gasteiger partial charge >= 0.3 is 0 Å². The van der Waals surface area contributed by atoms with Gasteiger partial charge in [0.25, 0.3) is 0 Å². The van der Waals surface area contributed by atoms with Gasteiger partial charge in [-0.05, 0) is 143 Å². The van der Waals surface area contributed by atoms with Crippen molar-refractivity contribution in [2.24, 2.45) is 0 Å². The second-order valence-electron chi connectivity index (χ2n) is 17.0. The summed E-state index contributed by atoms with van der Waals surface area (Å²) in [5.74, 6) is 0. The van der Waals surface area contributed by atoms with E-state index in [2.05, 4.69) is 255 Å². The van der Waals surface area contributed by atoms with Crippen molar-refractivity contribution in [1.29, 1.82) is 0 Å². The Labute approximate surface area is 364 Å². The fraction of sp³-hybridized carbons (Fsp3) is 0.0492. The second kappa shape index (κ2) is 15.4. The van der Waals surface area contributed by atoms with Crippen molar-refractivity contribution in [2.75, 3.05) is 4.90 Å². The molecular formula is C61H45N. The quantitative estimate of drug-likeness (QED) is 0.148. The van der Waals surface area contributed by atoms with Gasteiger partial charge in [0, 0.05) is 22.5 Å². The molecule has 0 aromatic heterocycles. The van der Waals surface area contributed by atoms with Crippen LogP contribution >= 0.6 is 0 Å². The van der Waals surface area contributed by atoms with Gasteiger partial charge < -0.3 is 4.90 Å². The Morgan fingerprint density at radius 1 is 0.274 bits per heavy atom. The highest BCUT2D eigenvalue weighted by Gasteiger charge is 2.35. The highest BCUT2D eigenvalue weighted by molar-refractivity contribution is 5.97. The minimum absolute atomic E-state index is 0.0485. The molecular weight excluding hydrogens is 747 g/mol. The van der Waals surface area contributed by atoms with E-state index in [4.69, 9.17) is 0 Å². The van der Waals surface area contributed by atoms with Gasteiger partial charge in [-0.3, -0.25) is 0 Å². The Bertz CT molecular complexity index is 3240. The van der Waals surface area contributed by atoms with Crippen LogP contribution in [0.3, 0.4) is 0 Å². The maximum absolute atomic E-state index is 2.41. The molecule has 1 heteroatoms. The molecule has 10 aromatic rings. The van der Waals surface area contributed by atoms with Crippen molar-refractivity contribution in [3.8, 4) is 66.8 Å². The number of anilines is 3. The van der Waals surface area contributed by atoms with Gasteiger partial charge in [-0.15, -0.1) is 0 Å². The molecule has 1 aliphatic carbocycles. The molecule has 0 heterocycles. The molecule has 0 unspecified atom stereocenters. The average molecular weight is 792 g/mol. The third-order valence-corrected chi connectivity index (χ3v) is 12.9. The summed E-state index contributed by atoms with van der Waals surface area (Å²) in [6, 6.07) is 86.5. The predicted octanol–water partition coefficient (Wildman–Crippen LogP) is 17.0. The van der Waals surface area contributed by atoms with Crippen LogP contribution in [-0.2, 0) is 5.41 Å². The zero-order chi connectivity index (χ0) is 41.6. The summed E-state index contributed by atoms with van der Waals surface area (Å²) in [4.78, 5) is 2.38. The van der Waals surface area contributed by atoms with E-state index in [1.54, 1.807) is 0 Å². The number of nitrogens with zero attached hydrogens (tertiary/aromatic N) is 1. The number of rotatable bonds is 8. The molecule has 1 aliphatic rings. The van der Waals surface area contributed by atoms with Gasteiger partial charge in [0.05, 0.1) is 0 Å². The first kappa shape index (κ1) is 37.3. The third-order valence-electron chi connectivity index (χ3n) is 12.9. The molecule has 0 N–H and O–H groups in total. The lowest BCUT2D eigenvalue weighted by Crippen LogP contribution is -2.14. The second-order valence-corrected chi connectivity index (χ2v) is 17.0. The Morgan fingerprint density at radius 2 is 0.726 bits per heavy atom. The fourth-order valence-corrected chi connectivity index (χ4v) is 9.61. The van der Waals surface area contributed by atoms with Crippen LogP contribution in [0.25, 0.3) is 77.5 Å². The van der Waals surface area contributed by atoms with Gasteiger partial charge in [-0.25, -0.2) is 0 Å². The minimum Gasteiger partial charge on any atom is -0.310 e. The van der Waals surface area contributed by atoms with Gasteiger partial charge in [0.1, 0.15) is 0 Å². The van der Waals surface area contributed by atoms with Gasteiger partial charge in [-0.2, -0.15) is 0 Å². The summed E-state index contributed by atoms with van der Waals surface area (Å²) < 4.78 is 0. The van der Waals surface area contributed by atoms with Crippen molar-refractivity contribution in [3.05, 3.63) is 248 Å². The minimum atomic E-state index is -0.0485. The van der Waals surface area contributed by atoms with Crippen LogP contribution in [0.4, 0.5) is 17.1 Å². The molecule has 294 valence electrons. The zero-order valence-corrected chi connectivity index (χ0v) is 35.0. The maximum Gasteiger partial charge on any atom is 0.0467 e. The Morgan fingerprint density at radius 3 is 1.45 bits per heavy atom. The third kappa shape index (κ3) is 6.69. The Balaban J connectivity index is 0.973. The molecule has 0 saturated carbocycles. The predicted molar refractivity (Wildman–Crippen MR) is 263 cm³/mol. The monoisotopic (exact) mass is 791 g/mol. The number of benzene rings is 10. The van der Waals surface area contributed by atoms with Gasteiger partial charge in [-0.1, -0.05) is 196 Å². The Kier molecular flexibility index (Phi) is 9.24. The van der Waals surface area contributed by atoms with E-state index >= 15 is 0 Å². The van der Waals surface area contributed by atoms with Crippen LogP contribution in [0.15, 0.2) is 237 Å². The van der Waals surface area contributed by atoms with E-state index in [-0.39, 0.29) is 5.41 Å². The van der Waals surface area contributed by atoms with Crippen molar-refractivity contribution in [2.45, 2.75) is 19.3 Å². The van der Waals surface area contributed by atoms with Crippen LogP contribution in [0.1, 0.15) is 25.0 Å². The van der Waals surface area contributed by atoms with Crippen molar-refractivity contribution in [1.82, 2.24) is 0 Å². The van der Waals surface area contributed by atoms with Crippen LogP contribution in [0.2, 0.25) is 0 Å². The molecule has 0 atom stereocenters. The van der Waals surface area contributed by atoms with E-state index < -0.39 is 0 Å². The number of hydrogen-bond donors (Lipinski definition) is 0. The summed E-state index contributed by atoms with van der Waals surface area (Å²) in [5.41, 5.74) is 20.8. The molecule has 0 saturated heterocycles. The molecule has 0 amide bonds. The summed E-state index contributed by atoms with van der Waals surface area (Å²) in [5, 5.41) is 2.51. The van der Waals surface area contributed by atoms with Crippen LogP contribution in [0.5, 0.6) is 0 Å². The molecule has 1 nitrogen and oxygen atoms in total. The summed E-state index contributed by atoms with van der Waals surface area (Å²) in [7, 11) is 0. The number of hydrogen-bond acceptors (Lipinski definition) is 1. The van der Waals surface area contributed by atoms with E-state index in [0.717, 1.165) is 17.1 Å². The summed E-state index contributed by atoms with van der Waals surface area (Å²) >= 11 is 0. The molecule has 0 radical (unpaired) electrons. The average Bonchev–Trinajstić information content (AvgIpc) is 3.57. The van der Waals surface area contributed by atoms with E-state index in [9.17, 15) is 0 Å². The van der Waals surface area contributed by atoms with Crippen LogP contribution in [-0.4, -0.2) is 0 Å². The molecule has 0 aliphatic heterocycles. The summed E-state index contributed by atoms with van der Waals surface area (Å²) in [6.45, 7) is 4.70. The van der Waals surface area contributed by atoms with Crippen LogP contribution < -0.4 is 4.90 Å². The maximum atomic E-state index is 2.41. The normalized spacial score (nSPS) is 12.5. The van der Waals surface area contributed by atoms with Gasteiger partial charge in [0.2, 0.25) is 0 Å². The molecule has 62 heavy (non-hydrogen) atoms. The smallest absolute Gasteiger partial charge is 0.0467 e. The van der Waals surface area contributed by atoms with E-state index in [0.29, 0.717) is 0 Å². The molecule has 0 bridgehead atoms. The lowest BCUT2D eigenvalue weighted by molar-refractivity contribution is 0.660. The highest BCUT2D eigenvalue weighted by Crippen LogP contribution is 2.50. The zero-order valence-electron chi connectivity index (χ0n) is 35.0. The fourth-order valence-electron chi connectivity index (χ4n) is 9.61. The first-order valence-corrected chi connectivity index (χ1v) is 21.6. The first-order chi connectivity index (χ1) is 30.5. The van der Waals surface area contributed by atoms with E-state index in [1.807, 2.05) is 0 Å². The Hall–Kier alpha value is -7.74. The lowest BCUT2D eigenvalue weighted by Gasteiger charge is -2.26. The molecule has 0 fully saturated rings. The van der Waals surface area contributed by atoms with Crippen molar-refractivity contribution < 1.29 is 0 Å². The van der Waals surface area contributed by atoms with E-state index in [1.165, 1.54) is 88.7 Å². The lowest BCUT2D eigenvalue weighted by atomic mass is 9.81.